The molecule has 0 aliphatic carbocycles. The molecule has 0 N–H and O–H groups in total. The van der Waals surface area contributed by atoms with Crippen molar-refractivity contribution in [2.24, 2.45) is 0 Å². The van der Waals surface area contributed by atoms with E-state index in [-0.39, 0.29) is 5.57 Å². The highest BCUT2D eigenvalue weighted by molar-refractivity contribution is 8.07. The maximum absolute atomic E-state index is 13.8. The highest BCUT2D eigenvalue weighted by Crippen LogP contribution is 2.52. The molecule has 2 aromatic carbocycles. The van der Waals surface area contributed by atoms with Crippen LogP contribution >= 0.6 is 11.8 Å². The van der Waals surface area contributed by atoms with Gasteiger partial charge in [0, 0.05) is 11.1 Å². The van der Waals surface area contributed by atoms with Gasteiger partial charge in [0.15, 0.2) is 27.4 Å². The van der Waals surface area contributed by atoms with Crippen LogP contribution in [0.3, 0.4) is 0 Å². The Morgan fingerprint density at radius 2 is 1.54 bits per heavy atom. The van der Waals surface area contributed by atoms with Crippen LogP contribution in [-0.4, -0.2) is 52.6 Å². The minimum atomic E-state index is -3.96. The van der Waals surface area contributed by atoms with Crippen LogP contribution in [0.2, 0.25) is 0 Å². The smallest absolute Gasteiger partial charge is 0.331 e. The number of aromatic nitrogens is 1. The quantitative estimate of drug-likeness (QED) is 0.265. The van der Waals surface area contributed by atoms with Crippen LogP contribution in [0.1, 0.15) is 36.8 Å². The molecule has 2 aliphatic heterocycles. The van der Waals surface area contributed by atoms with Crippen molar-refractivity contribution in [2.75, 3.05) is 6.26 Å². The highest BCUT2D eigenvalue weighted by Gasteiger charge is 2.71. The van der Waals surface area contributed by atoms with Gasteiger partial charge in [0.1, 0.15) is 4.75 Å². The van der Waals surface area contributed by atoms with Gasteiger partial charge in [-0.05, 0) is 43.4 Å². The number of hydrogen-bond acceptors (Lipinski definition) is 7. The Morgan fingerprint density at radius 1 is 0.973 bits per heavy atom. The normalized spacial score (nSPS) is 22.8. The molecule has 2 aliphatic rings. The average molecular weight is 535 g/mol. The van der Waals surface area contributed by atoms with E-state index in [2.05, 4.69) is 4.98 Å². The lowest BCUT2D eigenvalue weighted by Crippen LogP contribution is -2.59. The third kappa shape index (κ3) is 3.97. The Labute approximate surface area is 220 Å². The molecule has 5 rings (SSSR count). The molecular weight excluding hydrogens is 508 g/mol. The van der Waals surface area contributed by atoms with Gasteiger partial charge in [-0.1, -0.05) is 66.7 Å². The standard InChI is InChI=1S/C28H26N2O5S2/c1-28(2)24(27(32)35-22(18-12-6-4-7-13-18)19-14-8-5-9-15-19)30-25(31)21(26(30)37(28,33)34)23(36-3)20-16-10-11-17-29-20/h4-17,22,24,26H,1-3H3/b23-21+/t24-,26?/m0/s1. The molecule has 3 aromatic rings. The first-order chi connectivity index (χ1) is 17.7. The largest absolute Gasteiger partial charge is 0.451 e. The third-order valence-electron chi connectivity index (χ3n) is 6.94. The summed E-state index contributed by atoms with van der Waals surface area (Å²) in [5, 5.41) is -1.23. The maximum atomic E-state index is 13.8. The minimum absolute atomic E-state index is 0.150. The number of fused-ring (bicyclic) bond motifs is 1. The number of pyridine rings is 1. The molecule has 7 nitrogen and oxygen atoms in total. The number of thioether (sulfide) groups is 1. The zero-order chi connectivity index (χ0) is 26.4. The van der Waals surface area contributed by atoms with Crippen LogP contribution in [0.15, 0.2) is 90.6 Å². The summed E-state index contributed by atoms with van der Waals surface area (Å²) in [5.74, 6) is -1.25. The molecule has 1 aromatic heterocycles. The van der Waals surface area contributed by atoms with Crippen LogP contribution in [0.25, 0.3) is 4.91 Å². The van der Waals surface area contributed by atoms with Crippen molar-refractivity contribution in [2.45, 2.75) is 36.1 Å². The van der Waals surface area contributed by atoms with Gasteiger partial charge in [-0.2, -0.15) is 0 Å². The van der Waals surface area contributed by atoms with Crippen LogP contribution in [0.4, 0.5) is 0 Å². The summed E-state index contributed by atoms with van der Waals surface area (Å²) >= 11 is 1.26. The van der Waals surface area contributed by atoms with Crippen molar-refractivity contribution in [1.29, 1.82) is 0 Å². The Hall–Kier alpha value is -3.43. The van der Waals surface area contributed by atoms with Gasteiger partial charge in [-0.25, -0.2) is 13.2 Å². The summed E-state index contributed by atoms with van der Waals surface area (Å²) in [6.45, 7) is 2.97. The zero-order valence-corrected chi connectivity index (χ0v) is 22.2. The number of esters is 1. The molecule has 1 unspecified atom stereocenters. The Bertz CT molecular complexity index is 1430. The number of nitrogens with zero attached hydrogens (tertiary/aromatic N) is 2. The van der Waals surface area contributed by atoms with E-state index in [1.165, 1.54) is 30.5 Å². The van der Waals surface area contributed by atoms with Gasteiger partial charge in [-0.3, -0.25) is 9.78 Å². The predicted molar refractivity (Wildman–Crippen MR) is 143 cm³/mol. The average Bonchev–Trinajstić information content (AvgIpc) is 3.06. The SMILES string of the molecule is CS/C(=C1\C(=O)N2C1S(=O)(=O)C(C)(C)[C@@H]2C(=O)OC(c1ccccc1)c1ccccc1)c1ccccn1. The van der Waals surface area contributed by atoms with Crippen molar-refractivity contribution >= 4 is 38.4 Å². The van der Waals surface area contributed by atoms with Gasteiger partial charge >= 0.3 is 5.97 Å². The van der Waals surface area contributed by atoms with E-state index in [1.807, 2.05) is 60.7 Å². The molecule has 2 saturated heterocycles. The van der Waals surface area contributed by atoms with Gasteiger partial charge in [0.25, 0.3) is 5.91 Å². The molecule has 3 heterocycles. The zero-order valence-electron chi connectivity index (χ0n) is 20.6. The fourth-order valence-electron chi connectivity index (χ4n) is 4.98. The van der Waals surface area contributed by atoms with E-state index in [4.69, 9.17) is 4.74 Å². The van der Waals surface area contributed by atoms with Crippen LogP contribution < -0.4 is 0 Å². The predicted octanol–water partition coefficient (Wildman–Crippen LogP) is 4.23. The highest BCUT2D eigenvalue weighted by atomic mass is 32.2. The lowest BCUT2D eigenvalue weighted by molar-refractivity contribution is -0.160. The monoisotopic (exact) mass is 534 g/mol. The second kappa shape index (κ2) is 9.46. The number of ether oxygens (including phenoxy) is 1. The second-order valence-corrected chi connectivity index (χ2v) is 12.8. The molecule has 1 amide bonds. The molecule has 190 valence electrons. The number of β-lactam (4-membered cyclic amide) rings is 1. The number of rotatable bonds is 6. The van der Waals surface area contributed by atoms with E-state index in [9.17, 15) is 18.0 Å². The van der Waals surface area contributed by atoms with Crippen molar-refractivity contribution in [3.8, 4) is 0 Å². The molecule has 0 bridgehead atoms. The lowest BCUT2D eigenvalue weighted by atomic mass is 9.94. The van der Waals surface area contributed by atoms with Crippen molar-refractivity contribution < 1.29 is 22.7 Å². The molecular formula is C28H26N2O5S2. The van der Waals surface area contributed by atoms with Gasteiger partial charge in [0.2, 0.25) is 0 Å². The number of sulfone groups is 1. The van der Waals surface area contributed by atoms with Gasteiger partial charge in [-0.15, -0.1) is 11.8 Å². The number of benzene rings is 2. The number of hydrogen-bond donors (Lipinski definition) is 0. The maximum Gasteiger partial charge on any atom is 0.331 e. The second-order valence-electron chi connectivity index (χ2n) is 9.42. The van der Waals surface area contributed by atoms with Crippen LogP contribution in [0.5, 0.6) is 0 Å². The summed E-state index contributed by atoms with van der Waals surface area (Å²) in [4.78, 5) is 33.2. The molecule has 2 fully saturated rings. The fourth-order valence-corrected chi connectivity index (χ4v) is 7.95. The summed E-state index contributed by atoms with van der Waals surface area (Å²) < 4.78 is 32.0. The molecule has 0 spiro atoms. The Morgan fingerprint density at radius 3 is 2.05 bits per heavy atom. The fraction of sp³-hybridized carbons (Fsp3) is 0.250. The first-order valence-electron chi connectivity index (χ1n) is 11.8. The third-order valence-corrected chi connectivity index (χ3v) is 10.5. The Kier molecular flexibility index (Phi) is 6.45. The minimum Gasteiger partial charge on any atom is -0.451 e. The van der Waals surface area contributed by atoms with Crippen LogP contribution in [0, 0.1) is 0 Å². The number of carbonyl (C=O) groups excluding carboxylic acids is 2. The lowest BCUT2D eigenvalue weighted by Gasteiger charge is -2.40. The number of carbonyl (C=O) groups is 2. The van der Waals surface area contributed by atoms with Crippen molar-refractivity contribution in [3.05, 3.63) is 107 Å². The van der Waals surface area contributed by atoms with E-state index in [0.717, 1.165) is 11.1 Å². The van der Waals surface area contributed by atoms with Gasteiger partial charge in [0.05, 0.1) is 11.3 Å². The molecule has 0 radical (unpaired) electrons. The topological polar surface area (TPSA) is 93.6 Å². The molecule has 37 heavy (non-hydrogen) atoms. The summed E-state index contributed by atoms with van der Waals surface area (Å²) in [6.07, 6.45) is 2.61. The summed E-state index contributed by atoms with van der Waals surface area (Å²) in [5.41, 5.74) is 2.16. The number of amides is 1. The molecule has 2 atom stereocenters. The van der Waals surface area contributed by atoms with E-state index >= 15 is 0 Å². The molecule has 9 heteroatoms. The van der Waals surface area contributed by atoms with Crippen LogP contribution in [-0.2, 0) is 24.2 Å². The van der Waals surface area contributed by atoms with E-state index in [0.29, 0.717) is 10.6 Å². The van der Waals surface area contributed by atoms with Crippen molar-refractivity contribution in [1.82, 2.24) is 9.88 Å². The van der Waals surface area contributed by atoms with E-state index < -0.39 is 44.0 Å². The van der Waals surface area contributed by atoms with E-state index in [1.54, 1.807) is 30.7 Å². The summed E-state index contributed by atoms with van der Waals surface area (Å²) in [7, 11) is -3.96. The molecule has 0 saturated carbocycles. The summed E-state index contributed by atoms with van der Waals surface area (Å²) in [6, 6.07) is 22.5. The van der Waals surface area contributed by atoms with Crippen molar-refractivity contribution in [3.63, 3.8) is 0 Å². The first-order valence-corrected chi connectivity index (χ1v) is 14.5. The Balaban J connectivity index is 1.54. The first kappa shape index (κ1) is 25.2. The van der Waals surface area contributed by atoms with Gasteiger partial charge < -0.3 is 9.64 Å².